The van der Waals surface area contributed by atoms with E-state index in [1.54, 1.807) is 12.1 Å². The van der Waals surface area contributed by atoms with Gasteiger partial charge in [-0.1, -0.05) is 6.07 Å². The third-order valence-corrected chi connectivity index (χ3v) is 3.06. The Balaban J connectivity index is 2.19. The van der Waals surface area contributed by atoms with Crippen LogP contribution in [0.4, 0.5) is 10.1 Å². The van der Waals surface area contributed by atoms with E-state index >= 15 is 0 Å². The van der Waals surface area contributed by atoms with Crippen molar-refractivity contribution in [3.8, 4) is 0 Å². The predicted octanol–water partition coefficient (Wildman–Crippen LogP) is 1.92. The number of rotatable bonds is 2. The molecule has 2 nitrogen and oxygen atoms in total. The molecule has 1 heterocycles. The maximum absolute atomic E-state index is 13.6. The fourth-order valence-electron chi connectivity index (χ4n) is 2.11. The highest BCUT2D eigenvalue weighted by atomic mass is 19.1. The van der Waals surface area contributed by atoms with Crippen molar-refractivity contribution < 1.29 is 4.39 Å². The largest absolute Gasteiger partial charge is 0.369 e. The van der Waals surface area contributed by atoms with Crippen molar-refractivity contribution in [3.63, 3.8) is 0 Å². The Morgan fingerprint density at radius 1 is 1.53 bits per heavy atom. The van der Waals surface area contributed by atoms with Crippen LogP contribution in [0.1, 0.15) is 12.0 Å². The first-order valence-electron chi connectivity index (χ1n) is 5.42. The van der Waals surface area contributed by atoms with Gasteiger partial charge < -0.3 is 10.6 Å². The summed E-state index contributed by atoms with van der Waals surface area (Å²) >= 11 is 0. The van der Waals surface area contributed by atoms with Crippen molar-refractivity contribution in [3.05, 3.63) is 29.6 Å². The number of benzene rings is 1. The van der Waals surface area contributed by atoms with Gasteiger partial charge in [0, 0.05) is 13.1 Å². The van der Waals surface area contributed by atoms with Gasteiger partial charge in [-0.2, -0.15) is 0 Å². The van der Waals surface area contributed by atoms with E-state index in [2.05, 4.69) is 4.90 Å². The maximum atomic E-state index is 13.6. The van der Waals surface area contributed by atoms with E-state index in [1.807, 2.05) is 13.0 Å². The molecule has 0 aliphatic carbocycles. The molecule has 15 heavy (non-hydrogen) atoms. The molecule has 1 unspecified atom stereocenters. The molecular formula is C12H17FN2. The van der Waals surface area contributed by atoms with Gasteiger partial charge in [0.2, 0.25) is 0 Å². The Labute approximate surface area is 89.9 Å². The van der Waals surface area contributed by atoms with Crippen molar-refractivity contribution in [2.45, 2.75) is 13.3 Å². The number of halogens is 1. The van der Waals surface area contributed by atoms with Crippen LogP contribution < -0.4 is 10.6 Å². The zero-order valence-corrected chi connectivity index (χ0v) is 9.04. The first kappa shape index (κ1) is 10.4. The van der Waals surface area contributed by atoms with Crippen molar-refractivity contribution in [2.75, 3.05) is 24.5 Å². The number of anilines is 1. The lowest BCUT2D eigenvalue weighted by atomic mass is 10.1. The lowest BCUT2D eigenvalue weighted by Crippen LogP contribution is -2.23. The van der Waals surface area contributed by atoms with Crippen molar-refractivity contribution in [1.29, 1.82) is 0 Å². The summed E-state index contributed by atoms with van der Waals surface area (Å²) in [6.45, 7) is 4.49. The third-order valence-electron chi connectivity index (χ3n) is 3.06. The molecule has 0 radical (unpaired) electrons. The van der Waals surface area contributed by atoms with E-state index < -0.39 is 0 Å². The SMILES string of the molecule is Cc1ccc(F)c(N2CCC(CN)C2)c1. The molecule has 2 N–H and O–H groups in total. The Kier molecular flexibility index (Phi) is 2.91. The summed E-state index contributed by atoms with van der Waals surface area (Å²) in [5, 5.41) is 0. The number of aryl methyl sites for hydroxylation is 1. The Bertz CT molecular complexity index is 351. The van der Waals surface area contributed by atoms with Crippen LogP contribution in [0.3, 0.4) is 0 Å². The van der Waals surface area contributed by atoms with E-state index in [4.69, 9.17) is 5.73 Å². The van der Waals surface area contributed by atoms with Crippen LogP contribution in [0.5, 0.6) is 0 Å². The van der Waals surface area contributed by atoms with Gasteiger partial charge >= 0.3 is 0 Å². The van der Waals surface area contributed by atoms with E-state index in [9.17, 15) is 4.39 Å². The summed E-state index contributed by atoms with van der Waals surface area (Å²) in [6.07, 6.45) is 1.07. The standard InChI is InChI=1S/C12H17FN2/c1-9-2-3-11(13)12(6-9)15-5-4-10(7-14)8-15/h2-3,6,10H,4-5,7-8,14H2,1H3. The molecule has 1 fully saturated rings. The minimum Gasteiger partial charge on any atom is -0.369 e. The molecule has 1 aromatic rings. The lowest BCUT2D eigenvalue weighted by molar-refractivity contribution is 0.597. The molecule has 0 saturated carbocycles. The molecule has 82 valence electrons. The van der Waals surface area contributed by atoms with E-state index in [1.165, 1.54) is 0 Å². The number of hydrogen-bond acceptors (Lipinski definition) is 2. The molecule has 0 aromatic heterocycles. The lowest BCUT2D eigenvalue weighted by Gasteiger charge is -2.19. The van der Waals surface area contributed by atoms with Gasteiger partial charge in [-0.3, -0.25) is 0 Å². The van der Waals surface area contributed by atoms with Gasteiger partial charge in [0.05, 0.1) is 5.69 Å². The molecule has 0 amide bonds. The molecule has 1 aliphatic rings. The minimum atomic E-state index is -0.127. The third kappa shape index (κ3) is 2.12. The second kappa shape index (κ2) is 4.19. The molecule has 1 atom stereocenters. The maximum Gasteiger partial charge on any atom is 0.146 e. The summed E-state index contributed by atoms with van der Waals surface area (Å²) in [6, 6.07) is 5.25. The highest BCUT2D eigenvalue weighted by molar-refractivity contribution is 5.50. The normalized spacial score (nSPS) is 21.0. The highest BCUT2D eigenvalue weighted by Gasteiger charge is 2.23. The van der Waals surface area contributed by atoms with Gasteiger partial charge in [0.1, 0.15) is 5.82 Å². The average Bonchev–Trinajstić information content (AvgIpc) is 2.70. The van der Waals surface area contributed by atoms with E-state index in [0.717, 1.165) is 30.8 Å². The fourth-order valence-corrected chi connectivity index (χ4v) is 2.11. The van der Waals surface area contributed by atoms with Crippen LogP contribution in [-0.4, -0.2) is 19.6 Å². The van der Waals surface area contributed by atoms with Crippen LogP contribution in [-0.2, 0) is 0 Å². The number of nitrogens with two attached hydrogens (primary N) is 1. The van der Waals surface area contributed by atoms with E-state index in [0.29, 0.717) is 12.5 Å². The minimum absolute atomic E-state index is 0.127. The molecular weight excluding hydrogens is 191 g/mol. The Morgan fingerprint density at radius 2 is 2.33 bits per heavy atom. The van der Waals surface area contributed by atoms with Gasteiger partial charge in [-0.15, -0.1) is 0 Å². The predicted molar refractivity (Wildman–Crippen MR) is 60.5 cm³/mol. The van der Waals surface area contributed by atoms with Crippen LogP contribution >= 0.6 is 0 Å². The monoisotopic (exact) mass is 208 g/mol. The molecule has 0 spiro atoms. The summed E-state index contributed by atoms with van der Waals surface area (Å²) in [7, 11) is 0. The van der Waals surface area contributed by atoms with Gasteiger partial charge in [-0.25, -0.2) is 4.39 Å². The first-order valence-corrected chi connectivity index (χ1v) is 5.42. The van der Waals surface area contributed by atoms with Crippen molar-refractivity contribution in [2.24, 2.45) is 11.7 Å². The summed E-state index contributed by atoms with van der Waals surface area (Å²) in [5.74, 6) is 0.392. The van der Waals surface area contributed by atoms with Gasteiger partial charge in [0.15, 0.2) is 0 Å². The molecule has 3 heteroatoms. The quantitative estimate of drug-likeness (QED) is 0.804. The smallest absolute Gasteiger partial charge is 0.146 e. The second-order valence-electron chi connectivity index (χ2n) is 4.29. The zero-order chi connectivity index (χ0) is 10.8. The molecule has 0 bridgehead atoms. The topological polar surface area (TPSA) is 29.3 Å². The van der Waals surface area contributed by atoms with Crippen LogP contribution in [0, 0.1) is 18.7 Å². The molecule has 1 aromatic carbocycles. The first-order chi connectivity index (χ1) is 7.20. The molecule has 2 rings (SSSR count). The number of nitrogens with zero attached hydrogens (tertiary/aromatic N) is 1. The highest BCUT2D eigenvalue weighted by Crippen LogP contribution is 2.26. The van der Waals surface area contributed by atoms with Gasteiger partial charge in [-0.05, 0) is 43.5 Å². The summed E-state index contributed by atoms with van der Waals surface area (Å²) in [5.41, 5.74) is 7.45. The number of hydrogen-bond donors (Lipinski definition) is 1. The van der Waals surface area contributed by atoms with Crippen molar-refractivity contribution >= 4 is 5.69 Å². The van der Waals surface area contributed by atoms with E-state index in [-0.39, 0.29) is 5.82 Å². The zero-order valence-electron chi connectivity index (χ0n) is 9.04. The molecule has 1 aliphatic heterocycles. The molecule has 1 saturated heterocycles. The van der Waals surface area contributed by atoms with Crippen LogP contribution in [0.2, 0.25) is 0 Å². The summed E-state index contributed by atoms with van der Waals surface area (Å²) < 4.78 is 13.6. The fraction of sp³-hybridized carbons (Fsp3) is 0.500. The average molecular weight is 208 g/mol. The second-order valence-corrected chi connectivity index (χ2v) is 4.29. The van der Waals surface area contributed by atoms with Crippen molar-refractivity contribution in [1.82, 2.24) is 0 Å². The Hall–Kier alpha value is -1.09. The summed E-state index contributed by atoms with van der Waals surface area (Å²) in [4.78, 5) is 2.10. The van der Waals surface area contributed by atoms with Crippen LogP contribution in [0.15, 0.2) is 18.2 Å². The van der Waals surface area contributed by atoms with Crippen LogP contribution in [0.25, 0.3) is 0 Å². The Morgan fingerprint density at radius 3 is 3.00 bits per heavy atom. The van der Waals surface area contributed by atoms with Gasteiger partial charge in [0.25, 0.3) is 0 Å².